The summed E-state index contributed by atoms with van der Waals surface area (Å²) in [6, 6.07) is 22.6. The number of carbonyl (C=O) groups excluding carboxylic acids is 1. The summed E-state index contributed by atoms with van der Waals surface area (Å²) in [5, 5.41) is 0.611. The number of methoxy groups -OCH3 is 3. The highest BCUT2D eigenvalue weighted by Crippen LogP contribution is 2.45. The number of benzene rings is 3. The van der Waals surface area contributed by atoms with Crippen molar-refractivity contribution in [2.24, 2.45) is 5.73 Å². The van der Waals surface area contributed by atoms with Crippen LogP contribution in [0, 0.1) is 0 Å². The van der Waals surface area contributed by atoms with Crippen molar-refractivity contribution in [2.75, 3.05) is 21.3 Å². The third-order valence-electron chi connectivity index (χ3n) is 6.90. The zero-order valence-corrected chi connectivity index (χ0v) is 24.0. The lowest BCUT2D eigenvalue weighted by atomic mass is 9.83. The third kappa shape index (κ3) is 4.60. The molecule has 0 bridgehead atoms. The van der Waals surface area contributed by atoms with Gasteiger partial charge in [0.1, 0.15) is 27.0 Å². The van der Waals surface area contributed by atoms with E-state index in [0.717, 1.165) is 21.3 Å². The molecule has 0 spiro atoms. The molecule has 3 heterocycles. The average Bonchev–Trinajstić information content (AvgIpc) is 3.57. The summed E-state index contributed by atoms with van der Waals surface area (Å²) in [5.41, 5.74) is 9.74. The van der Waals surface area contributed by atoms with Crippen LogP contribution in [0.25, 0.3) is 33.3 Å². The lowest BCUT2D eigenvalue weighted by Crippen LogP contribution is -2.39. The van der Waals surface area contributed by atoms with E-state index in [1.807, 2.05) is 72.8 Å². The van der Waals surface area contributed by atoms with Crippen molar-refractivity contribution >= 4 is 61.9 Å². The topological polar surface area (TPSA) is 106 Å². The molecule has 1 aliphatic rings. The molecule has 5 aromatic rings. The summed E-state index contributed by atoms with van der Waals surface area (Å²) in [5.74, 6) is 0.270. The van der Waals surface area contributed by atoms with E-state index in [1.54, 1.807) is 20.3 Å². The van der Waals surface area contributed by atoms with Gasteiger partial charge < -0.3 is 19.9 Å². The van der Waals surface area contributed by atoms with E-state index in [9.17, 15) is 9.59 Å². The highest BCUT2D eigenvalue weighted by Gasteiger charge is 2.38. The van der Waals surface area contributed by atoms with Crippen molar-refractivity contribution in [1.29, 1.82) is 0 Å². The summed E-state index contributed by atoms with van der Waals surface area (Å²) in [6.45, 7) is 0. The summed E-state index contributed by atoms with van der Waals surface area (Å²) in [7, 11) is 4.50. The van der Waals surface area contributed by atoms with Crippen molar-refractivity contribution in [2.45, 2.75) is 5.92 Å². The van der Waals surface area contributed by atoms with Gasteiger partial charge in [0.25, 0.3) is 5.56 Å². The zero-order valence-electron chi connectivity index (χ0n) is 22.4. The molecular weight excluding hydrogens is 558 g/mol. The molecule has 3 aromatic carbocycles. The number of hydrogen-bond acceptors (Lipinski definition) is 9. The van der Waals surface area contributed by atoms with E-state index in [0.29, 0.717) is 36.8 Å². The molecule has 0 fully saturated rings. The third-order valence-corrected chi connectivity index (χ3v) is 9.07. The maximum absolute atomic E-state index is 13.9. The fourth-order valence-electron chi connectivity index (χ4n) is 4.99. The van der Waals surface area contributed by atoms with Gasteiger partial charge in [-0.3, -0.25) is 9.36 Å². The first kappa shape index (κ1) is 26.5. The number of allylic oxidation sites excluding steroid dienone is 1. The number of nitrogens with two attached hydrogens (primary N) is 1. The number of nitrogens with zero attached hydrogens (tertiary/aromatic N) is 2. The van der Waals surface area contributed by atoms with Crippen molar-refractivity contribution in [3.8, 4) is 11.5 Å². The van der Waals surface area contributed by atoms with Crippen molar-refractivity contribution in [1.82, 2.24) is 9.55 Å². The average molecular weight is 584 g/mol. The van der Waals surface area contributed by atoms with Crippen LogP contribution in [0.1, 0.15) is 22.1 Å². The number of aromatic nitrogens is 2. The van der Waals surface area contributed by atoms with Crippen LogP contribution in [-0.2, 0) is 9.53 Å². The van der Waals surface area contributed by atoms with Crippen LogP contribution < -0.4 is 30.0 Å². The summed E-state index contributed by atoms with van der Waals surface area (Å²) < 4.78 is 19.3. The van der Waals surface area contributed by atoms with Gasteiger partial charge in [-0.15, -0.1) is 22.7 Å². The quantitative estimate of drug-likeness (QED) is 0.304. The van der Waals surface area contributed by atoms with Gasteiger partial charge in [0.05, 0.1) is 47.6 Å². The number of fused-ring (bicyclic) bond motifs is 2. The molecule has 1 atom stereocenters. The predicted molar refractivity (Wildman–Crippen MR) is 162 cm³/mol. The van der Waals surface area contributed by atoms with Crippen LogP contribution in [0.4, 0.5) is 0 Å². The van der Waals surface area contributed by atoms with Gasteiger partial charge in [0.2, 0.25) is 0 Å². The Balaban J connectivity index is 1.71. The first-order valence-electron chi connectivity index (χ1n) is 12.6. The summed E-state index contributed by atoms with van der Waals surface area (Å²) in [6.07, 6.45) is 1.76. The second-order valence-electron chi connectivity index (χ2n) is 9.23. The Labute approximate surface area is 242 Å². The van der Waals surface area contributed by atoms with Gasteiger partial charge in [0, 0.05) is 5.57 Å². The molecule has 10 heteroatoms. The molecular formula is C31H25N3O5S2. The highest BCUT2D eigenvalue weighted by atomic mass is 32.1. The predicted octanol–water partition coefficient (Wildman–Crippen LogP) is 3.77. The Hall–Kier alpha value is -4.67. The number of carbonyl (C=O) groups is 1. The monoisotopic (exact) mass is 583 g/mol. The van der Waals surface area contributed by atoms with Crippen LogP contribution in [-0.4, -0.2) is 36.8 Å². The minimum atomic E-state index is -0.666. The number of thiazole rings is 2. The first-order valence-corrected chi connectivity index (χ1v) is 14.3. The number of rotatable bonds is 6. The molecule has 2 aromatic heterocycles. The maximum Gasteiger partial charge on any atom is 0.337 e. The lowest BCUT2D eigenvalue weighted by Gasteiger charge is -2.27. The fourth-order valence-corrected chi connectivity index (χ4v) is 7.21. The highest BCUT2D eigenvalue weighted by molar-refractivity contribution is 7.19. The molecule has 2 N–H and O–H groups in total. The molecule has 1 unspecified atom stereocenters. The summed E-state index contributed by atoms with van der Waals surface area (Å²) >= 11 is 2.64. The van der Waals surface area contributed by atoms with E-state index in [4.69, 9.17) is 24.9 Å². The zero-order chi connectivity index (χ0) is 28.7. The van der Waals surface area contributed by atoms with Crippen molar-refractivity contribution < 1.29 is 19.0 Å². The second-order valence-corrected chi connectivity index (χ2v) is 11.3. The Morgan fingerprint density at radius 2 is 1.68 bits per heavy atom. The molecule has 8 nitrogen and oxygen atoms in total. The maximum atomic E-state index is 13.9. The number of para-hydroxylation sites is 1. The van der Waals surface area contributed by atoms with Crippen LogP contribution in [0.2, 0.25) is 0 Å². The molecule has 0 saturated carbocycles. The van der Waals surface area contributed by atoms with Crippen LogP contribution in [0.15, 0.2) is 77.6 Å². The van der Waals surface area contributed by atoms with Gasteiger partial charge in [-0.2, -0.15) is 0 Å². The molecule has 206 valence electrons. The first-order chi connectivity index (χ1) is 19.9. The normalized spacial score (nSPS) is 15.2. The van der Waals surface area contributed by atoms with Crippen LogP contribution >= 0.6 is 22.7 Å². The van der Waals surface area contributed by atoms with E-state index in [-0.39, 0.29) is 11.4 Å². The van der Waals surface area contributed by atoms with E-state index < -0.39 is 11.9 Å². The largest absolute Gasteiger partial charge is 0.497 e. The van der Waals surface area contributed by atoms with Crippen LogP contribution in [0.5, 0.6) is 11.5 Å². The van der Waals surface area contributed by atoms with Gasteiger partial charge >= 0.3 is 5.97 Å². The Morgan fingerprint density at radius 1 is 0.951 bits per heavy atom. The minimum Gasteiger partial charge on any atom is -0.497 e. The molecule has 41 heavy (non-hydrogen) atoms. The van der Waals surface area contributed by atoms with Gasteiger partial charge in [0.15, 0.2) is 0 Å². The molecule has 1 aliphatic heterocycles. The Bertz CT molecular complexity index is 2000. The van der Waals surface area contributed by atoms with Gasteiger partial charge in [-0.05, 0) is 53.6 Å². The van der Waals surface area contributed by atoms with Crippen molar-refractivity contribution in [3.05, 3.63) is 108 Å². The molecule has 0 saturated heterocycles. The number of esters is 1. The van der Waals surface area contributed by atoms with Crippen LogP contribution in [0.3, 0.4) is 0 Å². The lowest BCUT2D eigenvalue weighted by molar-refractivity contribution is -0.134. The van der Waals surface area contributed by atoms with Gasteiger partial charge in [-0.25, -0.2) is 9.78 Å². The Kier molecular flexibility index (Phi) is 6.94. The number of ether oxygens (including phenoxy) is 3. The number of hydrogen-bond donors (Lipinski definition) is 1. The van der Waals surface area contributed by atoms with Crippen molar-refractivity contribution in [3.63, 3.8) is 0 Å². The molecule has 6 rings (SSSR count). The minimum absolute atomic E-state index is 0.214. The second kappa shape index (κ2) is 10.7. The Morgan fingerprint density at radius 3 is 2.41 bits per heavy atom. The molecule has 0 amide bonds. The van der Waals surface area contributed by atoms with E-state index in [1.165, 1.54) is 34.4 Å². The molecule has 0 radical (unpaired) electrons. The summed E-state index contributed by atoms with van der Waals surface area (Å²) in [4.78, 5) is 32.4. The molecule has 0 aliphatic carbocycles. The standard InChI is InChI=1S/C31H25N3O5S2/c1-37-19-10-6-8-17(14-19)15-23-29(35)34-27(32)25(28-33-21-12-4-5-13-22(21)40-28)24(18-9-7-11-20(16-18)38-2)26(30(34)41-23)31(36)39-3/h4-16,24H,32H2,1-3H3/b23-15+. The van der Waals surface area contributed by atoms with E-state index >= 15 is 0 Å². The SMILES string of the molecule is COC(=O)C1=c2s/c(=C/c3cccc(OC)c3)c(=O)n2C(N)=C(c2nc3ccccc3s2)C1c1cccc(OC)c1. The van der Waals surface area contributed by atoms with E-state index in [2.05, 4.69) is 0 Å². The fraction of sp³-hybridized carbons (Fsp3) is 0.129. The smallest absolute Gasteiger partial charge is 0.337 e. The van der Waals surface area contributed by atoms with Gasteiger partial charge in [-0.1, -0.05) is 36.4 Å².